The average Bonchev–Trinajstić information content (AvgIpc) is 3.44. The largest absolute Gasteiger partial charge is 0.493 e. The molecule has 1 fully saturated rings. The number of non-ortho nitro benzene ring substituents is 1. The molecule has 1 saturated carbocycles. The van der Waals surface area contributed by atoms with Crippen LogP contribution >= 0.6 is 0 Å². The van der Waals surface area contributed by atoms with Gasteiger partial charge in [0.2, 0.25) is 6.10 Å². The van der Waals surface area contributed by atoms with Gasteiger partial charge in [-0.25, -0.2) is 4.39 Å². The minimum absolute atomic E-state index is 0.0574. The van der Waals surface area contributed by atoms with Crippen LogP contribution in [0.25, 0.3) is 0 Å². The van der Waals surface area contributed by atoms with Gasteiger partial charge in [-0.1, -0.05) is 12.1 Å². The predicted molar refractivity (Wildman–Crippen MR) is 90.6 cm³/mol. The molecule has 0 heterocycles. The number of nitrogens with one attached hydrogen (secondary N) is 1. The molecule has 0 aromatic heterocycles. The topological polar surface area (TPSA) is 90.7 Å². The molecule has 0 saturated heterocycles. The fourth-order valence-electron chi connectivity index (χ4n) is 2.41. The van der Waals surface area contributed by atoms with E-state index in [9.17, 15) is 19.3 Å². The van der Waals surface area contributed by atoms with E-state index in [1.807, 2.05) is 0 Å². The van der Waals surface area contributed by atoms with Crippen molar-refractivity contribution in [3.05, 3.63) is 64.0 Å². The van der Waals surface area contributed by atoms with E-state index >= 15 is 0 Å². The van der Waals surface area contributed by atoms with Crippen molar-refractivity contribution < 1.29 is 23.6 Å². The van der Waals surface area contributed by atoms with E-state index in [0.29, 0.717) is 5.56 Å². The zero-order chi connectivity index (χ0) is 18.7. The summed E-state index contributed by atoms with van der Waals surface area (Å²) in [6, 6.07) is 9.30. The van der Waals surface area contributed by atoms with E-state index in [-0.39, 0.29) is 23.2 Å². The summed E-state index contributed by atoms with van der Waals surface area (Å²) in [5.74, 6) is -0.528. The Morgan fingerprint density at radius 1 is 1.23 bits per heavy atom. The van der Waals surface area contributed by atoms with Gasteiger partial charge < -0.3 is 14.8 Å². The monoisotopic (exact) mass is 360 g/mol. The van der Waals surface area contributed by atoms with Gasteiger partial charge in [-0.3, -0.25) is 14.9 Å². The number of carbonyl (C=O) groups is 1. The van der Waals surface area contributed by atoms with Gasteiger partial charge in [0.15, 0.2) is 11.5 Å². The Morgan fingerprint density at radius 3 is 2.50 bits per heavy atom. The fourth-order valence-corrected chi connectivity index (χ4v) is 2.41. The second-order valence-corrected chi connectivity index (χ2v) is 5.92. The maximum Gasteiger partial charge on any atom is 0.273 e. The molecule has 0 radical (unpaired) electrons. The molecule has 1 amide bonds. The Morgan fingerprint density at radius 2 is 1.92 bits per heavy atom. The number of nitro groups is 1. The van der Waals surface area contributed by atoms with Crippen molar-refractivity contribution in [2.45, 2.75) is 25.0 Å². The normalized spacial score (nSPS) is 14.4. The molecule has 2 aromatic rings. The van der Waals surface area contributed by atoms with Gasteiger partial charge in [0.05, 0.1) is 18.1 Å². The zero-order valence-electron chi connectivity index (χ0n) is 14.0. The Bertz CT molecular complexity index is 821. The fraction of sp³-hybridized carbons (Fsp3) is 0.278. The summed E-state index contributed by atoms with van der Waals surface area (Å²) in [6.45, 7) is 0. The molecule has 3 rings (SSSR count). The molecular weight excluding hydrogens is 343 g/mol. The molecule has 1 N–H and O–H groups in total. The summed E-state index contributed by atoms with van der Waals surface area (Å²) in [5, 5.41) is 13.9. The first kappa shape index (κ1) is 17.7. The minimum Gasteiger partial charge on any atom is -0.493 e. The standard InChI is InChI=1S/C18H17FN2O5/c1-25-15-9-8-14(21(23)24)10-16(15)26-17(18(22)20-13-6-7-13)11-2-4-12(19)5-3-11/h2-5,8-10,13,17H,6-7H2,1H3,(H,20,22)/t17-/m1/s1. The molecule has 7 nitrogen and oxygen atoms in total. The maximum absolute atomic E-state index is 13.2. The molecule has 2 aromatic carbocycles. The van der Waals surface area contributed by atoms with Crippen molar-refractivity contribution in [3.8, 4) is 11.5 Å². The van der Waals surface area contributed by atoms with Crippen LogP contribution in [0, 0.1) is 15.9 Å². The van der Waals surface area contributed by atoms with Crippen molar-refractivity contribution in [2.75, 3.05) is 7.11 Å². The maximum atomic E-state index is 13.2. The molecule has 0 aliphatic heterocycles. The second-order valence-electron chi connectivity index (χ2n) is 5.92. The minimum atomic E-state index is -1.09. The molecule has 1 aliphatic rings. The quantitative estimate of drug-likeness (QED) is 0.605. The number of halogens is 1. The zero-order valence-corrected chi connectivity index (χ0v) is 14.0. The summed E-state index contributed by atoms with van der Waals surface area (Å²) in [7, 11) is 1.39. The average molecular weight is 360 g/mol. The number of hydrogen-bond donors (Lipinski definition) is 1. The highest BCUT2D eigenvalue weighted by molar-refractivity contribution is 5.83. The number of rotatable bonds is 7. The highest BCUT2D eigenvalue weighted by Crippen LogP contribution is 2.35. The van der Waals surface area contributed by atoms with Crippen LogP contribution in [0.2, 0.25) is 0 Å². The lowest BCUT2D eigenvalue weighted by Crippen LogP contribution is -2.34. The predicted octanol–water partition coefficient (Wildman–Crippen LogP) is 3.14. The molecule has 8 heteroatoms. The Hall–Kier alpha value is -3.16. The van der Waals surface area contributed by atoms with Gasteiger partial charge in [0.1, 0.15) is 5.82 Å². The van der Waals surface area contributed by atoms with Gasteiger partial charge >= 0.3 is 0 Å². The van der Waals surface area contributed by atoms with Crippen molar-refractivity contribution in [1.29, 1.82) is 0 Å². The van der Waals surface area contributed by atoms with E-state index in [0.717, 1.165) is 12.8 Å². The Labute approximate surface area is 148 Å². The first-order valence-corrected chi connectivity index (χ1v) is 8.03. The molecule has 0 spiro atoms. The van der Waals surface area contributed by atoms with Gasteiger partial charge in [-0.05, 0) is 31.0 Å². The molecule has 136 valence electrons. The third-order valence-corrected chi connectivity index (χ3v) is 3.94. The third kappa shape index (κ3) is 4.08. The Balaban J connectivity index is 1.94. The molecule has 1 aliphatic carbocycles. The summed E-state index contributed by atoms with van der Waals surface area (Å²) in [5.41, 5.74) is 0.236. The van der Waals surface area contributed by atoms with Crippen LogP contribution < -0.4 is 14.8 Å². The Kier molecular flexibility index (Phi) is 5.01. The van der Waals surface area contributed by atoms with Crippen LogP contribution in [-0.2, 0) is 4.79 Å². The van der Waals surface area contributed by atoms with Crippen molar-refractivity contribution in [3.63, 3.8) is 0 Å². The lowest BCUT2D eigenvalue weighted by molar-refractivity contribution is -0.385. The van der Waals surface area contributed by atoms with E-state index in [1.54, 1.807) is 0 Å². The van der Waals surface area contributed by atoms with E-state index < -0.39 is 22.8 Å². The van der Waals surface area contributed by atoms with Gasteiger partial charge in [-0.2, -0.15) is 0 Å². The number of nitro benzene ring substituents is 1. The van der Waals surface area contributed by atoms with Gasteiger partial charge in [-0.15, -0.1) is 0 Å². The molecule has 26 heavy (non-hydrogen) atoms. The first-order chi connectivity index (χ1) is 12.5. The van der Waals surface area contributed by atoms with Crippen LogP contribution in [0.3, 0.4) is 0 Å². The SMILES string of the molecule is COc1ccc([N+](=O)[O-])cc1O[C@@H](C(=O)NC1CC1)c1ccc(F)cc1. The third-order valence-electron chi connectivity index (χ3n) is 3.94. The van der Waals surface area contributed by atoms with Gasteiger partial charge in [0, 0.05) is 17.7 Å². The number of carbonyl (C=O) groups excluding carboxylic acids is 1. The molecular formula is C18H17FN2O5. The number of hydrogen-bond acceptors (Lipinski definition) is 5. The van der Waals surface area contributed by atoms with Gasteiger partial charge in [0.25, 0.3) is 11.6 Å². The summed E-state index contributed by atoms with van der Waals surface area (Å²) in [4.78, 5) is 23.1. The smallest absolute Gasteiger partial charge is 0.273 e. The number of ether oxygens (including phenoxy) is 2. The molecule has 1 atom stereocenters. The van der Waals surface area contributed by atoms with Crippen LogP contribution in [-0.4, -0.2) is 24.0 Å². The van der Waals surface area contributed by atoms with Crippen molar-refractivity contribution >= 4 is 11.6 Å². The van der Waals surface area contributed by atoms with Crippen molar-refractivity contribution in [1.82, 2.24) is 5.32 Å². The molecule has 0 bridgehead atoms. The molecule has 0 unspecified atom stereocenters. The van der Waals surface area contributed by atoms with E-state index in [2.05, 4.69) is 5.32 Å². The van der Waals surface area contributed by atoms with E-state index in [1.165, 1.54) is 49.6 Å². The lowest BCUT2D eigenvalue weighted by Gasteiger charge is -2.20. The summed E-state index contributed by atoms with van der Waals surface area (Å²) >= 11 is 0. The van der Waals surface area contributed by atoms with Crippen LogP contribution in [0.1, 0.15) is 24.5 Å². The lowest BCUT2D eigenvalue weighted by atomic mass is 10.1. The van der Waals surface area contributed by atoms with Crippen molar-refractivity contribution in [2.24, 2.45) is 0 Å². The summed E-state index contributed by atoms with van der Waals surface area (Å²) in [6.07, 6.45) is 0.691. The number of nitrogens with zero attached hydrogens (tertiary/aromatic N) is 1. The van der Waals surface area contributed by atoms with Crippen LogP contribution in [0.4, 0.5) is 10.1 Å². The summed E-state index contributed by atoms with van der Waals surface area (Å²) < 4.78 is 24.2. The van der Waals surface area contributed by atoms with Crippen LogP contribution in [0.15, 0.2) is 42.5 Å². The number of methoxy groups -OCH3 is 1. The van der Waals surface area contributed by atoms with E-state index in [4.69, 9.17) is 9.47 Å². The van der Waals surface area contributed by atoms with Crippen LogP contribution in [0.5, 0.6) is 11.5 Å². The highest BCUT2D eigenvalue weighted by Gasteiger charge is 2.30. The number of amides is 1. The number of benzene rings is 2. The first-order valence-electron chi connectivity index (χ1n) is 8.03. The highest BCUT2D eigenvalue weighted by atomic mass is 19.1. The second kappa shape index (κ2) is 7.38.